The van der Waals surface area contributed by atoms with E-state index in [1.807, 2.05) is 18.7 Å². The number of nitrogens with zero attached hydrogens (tertiary/aromatic N) is 6. The molecule has 3 saturated heterocycles. The lowest BCUT2D eigenvalue weighted by atomic mass is 9.82. The van der Waals surface area contributed by atoms with Gasteiger partial charge in [0.05, 0.1) is 17.0 Å². The number of halogens is 4. The molecule has 0 bridgehead atoms. The Kier molecular flexibility index (Phi) is 9.84. The van der Waals surface area contributed by atoms with Crippen molar-refractivity contribution < 1.29 is 27.2 Å². The van der Waals surface area contributed by atoms with E-state index in [0.717, 1.165) is 42.9 Å². The third-order valence-corrected chi connectivity index (χ3v) is 10.4. The highest BCUT2D eigenvalue weighted by atomic mass is 19.4. The van der Waals surface area contributed by atoms with Gasteiger partial charge in [-0.2, -0.15) is 13.2 Å². The lowest BCUT2D eigenvalue weighted by Gasteiger charge is -2.54. The highest BCUT2D eigenvalue weighted by Gasteiger charge is 2.46. The number of alkyl halides is 3. The fourth-order valence-electron chi connectivity index (χ4n) is 7.61. The van der Waals surface area contributed by atoms with Crippen LogP contribution in [0.1, 0.15) is 66.8 Å². The van der Waals surface area contributed by atoms with Crippen LogP contribution in [0.3, 0.4) is 0 Å². The highest BCUT2D eigenvalue weighted by molar-refractivity contribution is 5.96. The van der Waals surface area contributed by atoms with Gasteiger partial charge in [0.15, 0.2) is 0 Å². The molecular formula is C33H44F4N6O2. The monoisotopic (exact) mass is 632 g/mol. The predicted molar refractivity (Wildman–Crippen MR) is 162 cm³/mol. The minimum atomic E-state index is -4.86. The summed E-state index contributed by atoms with van der Waals surface area (Å²) in [7, 11) is 0. The van der Waals surface area contributed by atoms with E-state index < -0.39 is 12.1 Å². The van der Waals surface area contributed by atoms with Gasteiger partial charge in [-0.25, -0.2) is 14.4 Å². The number of amides is 2. The molecule has 246 valence electrons. The summed E-state index contributed by atoms with van der Waals surface area (Å²) in [5.41, 5.74) is 2.90. The summed E-state index contributed by atoms with van der Waals surface area (Å²) in [6, 6.07) is 6.70. The first-order chi connectivity index (χ1) is 21.3. The molecule has 5 rings (SSSR count). The van der Waals surface area contributed by atoms with Crippen molar-refractivity contribution in [3.63, 3.8) is 0 Å². The lowest BCUT2D eigenvalue weighted by Crippen LogP contribution is -2.64. The summed E-state index contributed by atoms with van der Waals surface area (Å²) < 4.78 is 52.9. The third kappa shape index (κ3) is 7.32. The summed E-state index contributed by atoms with van der Waals surface area (Å²) in [5.74, 6) is -1.97. The maximum atomic E-state index is 13.7. The van der Waals surface area contributed by atoms with Crippen molar-refractivity contribution in [3.05, 3.63) is 58.9 Å². The second-order valence-electron chi connectivity index (χ2n) is 13.3. The molecule has 8 nitrogen and oxygen atoms in total. The van der Waals surface area contributed by atoms with Gasteiger partial charge in [-0.3, -0.25) is 19.4 Å². The van der Waals surface area contributed by atoms with Crippen molar-refractivity contribution in [3.8, 4) is 0 Å². The molecule has 0 N–H and O–H groups in total. The van der Waals surface area contributed by atoms with E-state index in [2.05, 4.69) is 33.6 Å². The number of rotatable bonds is 6. The van der Waals surface area contributed by atoms with E-state index >= 15 is 0 Å². The van der Waals surface area contributed by atoms with Crippen LogP contribution in [0, 0.1) is 25.6 Å². The molecular weight excluding hydrogens is 588 g/mol. The molecule has 3 fully saturated rings. The van der Waals surface area contributed by atoms with Crippen LogP contribution in [0.2, 0.25) is 0 Å². The van der Waals surface area contributed by atoms with Crippen molar-refractivity contribution in [1.82, 2.24) is 29.6 Å². The van der Waals surface area contributed by atoms with Gasteiger partial charge in [-0.1, -0.05) is 12.1 Å². The zero-order valence-electron chi connectivity index (χ0n) is 26.6. The first-order valence-electron chi connectivity index (χ1n) is 16.0. The third-order valence-electron chi connectivity index (χ3n) is 10.4. The standard InChI is InChI=1S/C33H44F4N6O2/c1-22-20-42(32(4)11-15-40(16-12-32)30(44)29-23(2)38-21-39-24(29)3)17-18-43(22)28(19-25-5-7-27(34)8-6-25)26-9-13-41(14-10-26)31(45)33(35,36)37/h5-8,21-22,26,28H,9-20H2,1-4H3/t22-,28-/m0/s1. The van der Waals surface area contributed by atoms with Crippen molar-refractivity contribution in [2.75, 3.05) is 45.8 Å². The molecule has 0 aliphatic carbocycles. The Hall–Kier alpha value is -3.12. The Bertz CT molecular complexity index is 1330. The Morgan fingerprint density at radius 2 is 1.53 bits per heavy atom. The number of carbonyl (C=O) groups is 2. The number of hydrogen-bond acceptors (Lipinski definition) is 6. The van der Waals surface area contributed by atoms with Gasteiger partial charge in [-0.15, -0.1) is 0 Å². The normalized spacial score (nSPS) is 22.8. The van der Waals surface area contributed by atoms with Crippen LogP contribution >= 0.6 is 0 Å². The number of aryl methyl sites for hydroxylation is 2. The van der Waals surface area contributed by atoms with E-state index in [1.165, 1.54) is 18.5 Å². The Morgan fingerprint density at radius 3 is 2.09 bits per heavy atom. The molecule has 2 atom stereocenters. The van der Waals surface area contributed by atoms with E-state index in [0.29, 0.717) is 49.3 Å². The zero-order chi connectivity index (χ0) is 32.5. The maximum absolute atomic E-state index is 13.7. The van der Waals surface area contributed by atoms with E-state index in [-0.39, 0.29) is 48.4 Å². The number of aromatic nitrogens is 2. The molecule has 45 heavy (non-hydrogen) atoms. The minimum absolute atomic E-state index is 0.0162. The highest BCUT2D eigenvalue weighted by Crippen LogP contribution is 2.35. The largest absolute Gasteiger partial charge is 0.471 e. The van der Waals surface area contributed by atoms with Gasteiger partial charge in [0.25, 0.3) is 5.91 Å². The number of benzene rings is 1. The van der Waals surface area contributed by atoms with Crippen molar-refractivity contribution in [1.29, 1.82) is 0 Å². The molecule has 1 aromatic heterocycles. The lowest BCUT2D eigenvalue weighted by molar-refractivity contribution is -0.187. The Balaban J connectivity index is 1.24. The molecule has 2 aromatic rings. The Morgan fingerprint density at radius 1 is 0.933 bits per heavy atom. The number of piperazine rings is 1. The summed E-state index contributed by atoms with van der Waals surface area (Å²) in [6.45, 7) is 12.1. The molecule has 0 unspecified atom stereocenters. The van der Waals surface area contributed by atoms with E-state index in [1.54, 1.807) is 12.1 Å². The Labute approximate surface area is 262 Å². The van der Waals surface area contributed by atoms with Gasteiger partial charge in [0.1, 0.15) is 12.1 Å². The zero-order valence-corrected chi connectivity index (χ0v) is 26.6. The number of carbonyl (C=O) groups excluding carboxylic acids is 2. The number of likely N-dealkylation sites (tertiary alicyclic amines) is 2. The van der Waals surface area contributed by atoms with Crippen LogP contribution in [-0.2, 0) is 11.2 Å². The van der Waals surface area contributed by atoms with Crippen LogP contribution in [0.4, 0.5) is 17.6 Å². The van der Waals surface area contributed by atoms with Crippen molar-refractivity contribution in [2.24, 2.45) is 5.92 Å². The summed E-state index contributed by atoms with van der Waals surface area (Å²) in [4.78, 5) is 41.5. The molecule has 4 heterocycles. The van der Waals surface area contributed by atoms with Gasteiger partial charge < -0.3 is 9.80 Å². The SMILES string of the molecule is Cc1ncnc(C)c1C(=O)N1CCC(C)(N2CCN([C@@H](Cc3ccc(F)cc3)C3CCN(C(=O)C(F)(F)F)CC3)[C@@H](C)C2)CC1. The van der Waals surface area contributed by atoms with Crippen molar-refractivity contribution >= 4 is 11.8 Å². The topological polar surface area (TPSA) is 72.9 Å². The van der Waals surface area contributed by atoms with E-state index in [9.17, 15) is 27.2 Å². The van der Waals surface area contributed by atoms with Crippen LogP contribution in [-0.4, -0.2) is 111 Å². The number of hydrogen-bond donors (Lipinski definition) is 0. The molecule has 1 aromatic carbocycles. The fourth-order valence-corrected chi connectivity index (χ4v) is 7.61. The minimum Gasteiger partial charge on any atom is -0.338 e. The average molecular weight is 633 g/mol. The van der Waals surface area contributed by atoms with Gasteiger partial charge >= 0.3 is 12.1 Å². The van der Waals surface area contributed by atoms with Gasteiger partial charge in [-0.05, 0) is 83.4 Å². The quantitative estimate of drug-likeness (QED) is 0.432. The molecule has 0 radical (unpaired) electrons. The first-order valence-corrected chi connectivity index (χ1v) is 16.0. The average Bonchev–Trinajstić information content (AvgIpc) is 3.00. The van der Waals surface area contributed by atoms with E-state index in [4.69, 9.17) is 0 Å². The summed E-state index contributed by atoms with van der Waals surface area (Å²) in [5, 5.41) is 0. The van der Waals surface area contributed by atoms with Crippen LogP contribution < -0.4 is 0 Å². The second-order valence-corrected chi connectivity index (χ2v) is 13.3. The molecule has 3 aliphatic heterocycles. The summed E-state index contributed by atoms with van der Waals surface area (Å²) in [6.07, 6.45) is -0.0277. The second kappa shape index (κ2) is 13.3. The molecule has 0 spiro atoms. The smallest absolute Gasteiger partial charge is 0.338 e. The summed E-state index contributed by atoms with van der Waals surface area (Å²) >= 11 is 0. The van der Waals surface area contributed by atoms with Crippen molar-refractivity contribution in [2.45, 2.75) is 83.6 Å². The maximum Gasteiger partial charge on any atom is 0.471 e. The molecule has 0 saturated carbocycles. The fraction of sp³-hybridized carbons (Fsp3) is 0.636. The van der Waals surface area contributed by atoms with Crippen LogP contribution in [0.15, 0.2) is 30.6 Å². The van der Waals surface area contributed by atoms with Crippen LogP contribution in [0.25, 0.3) is 0 Å². The van der Waals surface area contributed by atoms with Gasteiger partial charge in [0, 0.05) is 63.4 Å². The van der Waals surface area contributed by atoms with Crippen LogP contribution in [0.5, 0.6) is 0 Å². The first kappa shape index (κ1) is 33.2. The molecule has 2 amide bonds. The molecule has 3 aliphatic rings. The molecule has 12 heteroatoms. The number of piperidine rings is 2. The predicted octanol–water partition coefficient (Wildman–Crippen LogP) is 4.65. The van der Waals surface area contributed by atoms with Gasteiger partial charge in [0.2, 0.25) is 0 Å².